The molecule has 3 rings (SSSR count). The summed E-state index contributed by atoms with van der Waals surface area (Å²) in [5.74, 6) is -2.43. The van der Waals surface area contributed by atoms with Crippen LogP contribution < -0.4 is 34.7 Å². The van der Waals surface area contributed by atoms with Crippen molar-refractivity contribution in [2.75, 3.05) is 0 Å². The maximum Gasteiger partial charge on any atom is 1.00 e. The quantitative estimate of drug-likeness (QED) is 0.445. The fourth-order valence-electron chi connectivity index (χ4n) is 3.26. The Bertz CT molecular complexity index is 729. The number of fused-ring (bicyclic) bond motifs is 1. The molecule has 1 aromatic rings. The Morgan fingerprint density at radius 3 is 2.54 bits per heavy atom. The molecule has 1 amide bonds. The number of carbonyl (C=O) groups is 2. The SMILES string of the molecule is CC(C)(C)C1=C(C(=O)[O-])N2C(=O)[C@H]([C@H](O)CCc3ccncc3)[C@H]2O1.[Na+]. The second-order valence-corrected chi connectivity index (χ2v) is 7.42. The van der Waals surface area contributed by atoms with Crippen molar-refractivity contribution in [3.8, 4) is 0 Å². The van der Waals surface area contributed by atoms with E-state index in [0.717, 1.165) is 10.5 Å². The van der Waals surface area contributed by atoms with E-state index in [-0.39, 0.29) is 41.0 Å². The van der Waals surface area contributed by atoms with Crippen LogP contribution >= 0.6 is 0 Å². The molecule has 0 aromatic carbocycles. The zero-order valence-electron chi connectivity index (χ0n) is 15.4. The van der Waals surface area contributed by atoms with Crippen LogP contribution in [-0.2, 0) is 20.7 Å². The number of aromatic nitrogens is 1. The summed E-state index contributed by atoms with van der Waals surface area (Å²) in [7, 11) is 0. The van der Waals surface area contributed by atoms with Gasteiger partial charge in [0.05, 0.1) is 12.1 Å². The van der Waals surface area contributed by atoms with E-state index in [0.29, 0.717) is 12.8 Å². The number of β-lactam (4-membered cyclic amide) rings is 1. The monoisotopic (exact) mass is 368 g/mol. The molecule has 1 N–H and O–H groups in total. The van der Waals surface area contributed by atoms with Crippen molar-refractivity contribution in [2.24, 2.45) is 11.3 Å². The maximum atomic E-state index is 12.4. The zero-order chi connectivity index (χ0) is 18.4. The first-order valence-electron chi connectivity index (χ1n) is 8.24. The Kier molecular flexibility index (Phi) is 6.17. The van der Waals surface area contributed by atoms with Gasteiger partial charge in [-0.3, -0.25) is 14.7 Å². The summed E-state index contributed by atoms with van der Waals surface area (Å²) in [5, 5.41) is 21.9. The number of nitrogens with zero attached hydrogens (tertiary/aromatic N) is 2. The molecule has 3 atom stereocenters. The summed E-state index contributed by atoms with van der Waals surface area (Å²) in [6.07, 6.45) is 2.62. The van der Waals surface area contributed by atoms with Crippen molar-refractivity contribution in [3.05, 3.63) is 41.5 Å². The predicted octanol–water partition coefficient (Wildman–Crippen LogP) is -2.80. The molecule has 0 aliphatic carbocycles. The van der Waals surface area contributed by atoms with Crippen LogP contribution in [0.2, 0.25) is 0 Å². The van der Waals surface area contributed by atoms with Crippen molar-refractivity contribution in [1.29, 1.82) is 0 Å². The van der Waals surface area contributed by atoms with Gasteiger partial charge < -0.3 is 19.7 Å². The van der Waals surface area contributed by atoms with Gasteiger partial charge in [-0.25, -0.2) is 0 Å². The number of aliphatic carboxylic acids is 1. The molecule has 1 fully saturated rings. The predicted molar refractivity (Wildman–Crippen MR) is 85.3 cm³/mol. The van der Waals surface area contributed by atoms with Crippen LogP contribution in [0.4, 0.5) is 0 Å². The Hall–Kier alpha value is -1.41. The van der Waals surface area contributed by atoms with Crippen molar-refractivity contribution in [2.45, 2.75) is 45.9 Å². The van der Waals surface area contributed by atoms with Gasteiger partial charge >= 0.3 is 29.6 Å². The molecule has 8 heteroatoms. The second kappa shape index (κ2) is 7.68. The average molecular weight is 368 g/mol. The van der Waals surface area contributed by atoms with Gasteiger partial charge in [-0.15, -0.1) is 0 Å². The van der Waals surface area contributed by atoms with Crippen molar-refractivity contribution in [1.82, 2.24) is 9.88 Å². The number of ether oxygens (including phenoxy) is 1. The van der Waals surface area contributed by atoms with Gasteiger partial charge in [0, 0.05) is 17.8 Å². The molecule has 2 aliphatic heterocycles. The Morgan fingerprint density at radius 2 is 2.00 bits per heavy atom. The topological polar surface area (TPSA) is 103 Å². The summed E-state index contributed by atoms with van der Waals surface area (Å²) >= 11 is 0. The number of aliphatic hydroxyl groups excluding tert-OH is 1. The standard InChI is InChI=1S/C18H22N2O5.Na/c1-18(2,3)14-13(17(23)24)20-15(22)12(16(20)25-14)11(21)5-4-10-6-8-19-9-7-10;/h6-9,11-12,16,21H,4-5H2,1-3H3,(H,23,24);/q;+1/p-1/t11-,12+,16-;/m1./s1. The van der Waals surface area contributed by atoms with Crippen molar-refractivity contribution >= 4 is 11.9 Å². The number of hydrogen-bond donors (Lipinski definition) is 1. The molecular formula is C18H21N2NaO5. The van der Waals surface area contributed by atoms with Gasteiger partial charge in [0.15, 0.2) is 6.23 Å². The number of aryl methyl sites for hydroxylation is 1. The average Bonchev–Trinajstić information content (AvgIpc) is 2.89. The molecule has 7 nitrogen and oxygen atoms in total. The van der Waals surface area contributed by atoms with E-state index in [4.69, 9.17) is 4.74 Å². The molecule has 2 aliphatic rings. The van der Waals surface area contributed by atoms with Crippen LogP contribution in [-0.4, -0.2) is 39.2 Å². The number of aliphatic hydroxyl groups is 1. The Balaban J connectivity index is 0.00000243. The first-order chi connectivity index (χ1) is 11.7. The van der Waals surface area contributed by atoms with Gasteiger partial charge in [-0.05, 0) is 30.5 Å². The molecule has 0 bridgehead atoms. The molecule has 0 radical (unpaired) electrons. The van der Waals surface area contributed by atoms with E-state index in [1.54, 1.807) is 33.2 Å². The number of pyridine rings is 1. The van der Waals surface area contributed by atoms with Gasteiger partial charge in [0.25, 0.3) is 0 Å². The Labute approximate surface area is 174 Å². The summed E-state index contributed by atoms with van der Waals surface area (Å²) in [5.41, 5.74) is 0.202. The van der Waals surface area contributed by atoms with E-state index in [1.807, 2.05) is 12.1 Å². The van der Waals surface area contributed by atoms with Gasteiger partial charge in [-0.1, -0.05) is 20.8 Å². The summed E-state index contributed by atoms with van der Waals surface area (Å²) < 4.78 is 5.75. The second-order valence-electron chi connectivity index (χ2n) is 7.42. The number of carbonyl (C=O) groups excluding carboxylic acids is 2. The minimum Gasteiger partial charge on any atom is -0.543 e. The third-order valence-corrected chi connectivity index (χ3v) is 4.55. The molecule has 3 heterocycles. The summed E-state index contributed by atoms with van der Waals surface area (Å²) in [6.45, 7) is 5.41. The van der Waals surface area contributed by atoms with E-state index < -0.39 is 35.5 Å². The molecular weight excluding hydrogens is 347 g/mol. The fraction of sp³-hybridized carbons (Fsp3) is 0.500. The molecule has 0 spiro atoms. The van der Waals surface area contributed by atoms with Crippen LogP contribution in [0.1, 0.15) is 32.8 Å². The molecule has 26 heavy (non-hydrogen) atoms. The third-order valence-electron chi connectivity index (χ3n) is 4.55. The van der Waals surface area contributed by atoms with E-state index in [9.17, 15) is 19.8 Å². The summed E-state index contributed by atoms with van der Waals surface area (Å²) in [4.78, 5) is 28.9. The first-order valence-corrected chi connectivity index (χ1v) is 8.24. The van der Waals surface area contributed by atoms with E-state index >= 15 is 0 Å². The minimum atomic E-state index is -1.44. The van der Waals surface area contributed by atoms with Crippen LogP contribution in [0.5, 0.6) is 0 Å². The maximum absolute atomic E-state index is 12.4. The van der Waals surface area contributed by atoms with Gasteiger partial charge in [0.2, 0.25) is 5.91 Å². The largest absolute Gasteiger partial charge is 1.00 e. The van der Waals surface area contributed by atoms with Crippen LogP contribution in [0.3, 0.4) is 0 Å². The zero-order valence-corrected chi connectivity index (χ0v) is 17.4. The number of allylic oxidation sites excluding steroid dienone is 1. The molecule has 1 aromatic heterocycles. The fourth-order valence-corrected chi connectivity index (χ4v) is 3.26. The normalized spacial score (nSPS) is 22.9. The first kappa shape index (κ1) is 20.9. The molecule has 0 unspecified atom stereocenters. The molecule has 1 saturated heterocycles. The van der Waals surface area contributed by atoms with E-state index in [1.165, 1.54) is 0 Å². The smallest absolute Gasteiger partial charge is 0.543 e. The van der Waals surface area contributed by atoms with Crippen molar-refractivity contribution in [3.63, 3.8) is 0 Å². The molecule has 0 saturated carbocycles. The summed E-state index contributed by atoms with van der Waals surface area (Å²) in [6, 6.07) is 3.70. The number of hydrogen-bond acceptors (Lipinski definition) is 6. The van der Waals surface area contributed by atoms with Crippen LogP contribution in [0.25, 0.3) is 0 Å². The minimum absolute atomic E-state index is 0. The Morgan fingerprint density at radius 1 is 1.38 bits per heavy atom. The third kappa shape index (κ3) is 3.67. The van der Waals surface area contributed by atoms with Gasteiger partial charge in [0.1, 0.15) is 17.4 Å². The van der Waals surface area contributed by atoms with Crippen LogP contribution in [0, 0.1) is 11.3 Å². The number of carboxylic acid groups (broad SMARTS) is 1. The van der Waals surface area contributed by atoms with Crippen molar-refractivity contribution < 1.29 is 54.1 Å². The van der Waals surface area contributed by atoms with Crippen LogP contribution in [0.15, 0.2) is 36.0 Å². The number of carboxylic acids is 1. The number of amides is 1. The van der Waals surface area contributed by atoms with E-state index in [2.05, 4.69) is 4.98 Å². The van der Waals surface area contributed by atoms with Gasteiger partial charge in [-0.2, -0.15) is 0 Å². The molecule has 134 valence electrons. The number of rotatable bonds is 5.